The Kier molecular flexibility index (Phi) is 8.64. The van der Waals surface area contributed by atoms with Gasteiger partial charge >= 0.3 is 0 Å². The van der Waals surface area contributed by atoms with Crippen LogP contribution in [0.15, 0.2) is 109 Å². The minimum absolute atomic E-state index is 0.00964. The predicted molar refractivity (Wildman–Crippen MR) is 169 cm³/mol. The van der Waals surface area contributed by atoms with Gasteiger partial charge in [-0.3, -0.25) is 9.78 Å². The third kappa shape index (κ3) is 6.10. The van der Waals surface area contributed by atoms with E-state index in [-0.39, 0.29) is 5.91 Å². The number of nitrogens with one attached hydrogen (secondary N) is 1. The SMILES string of the molecule is COCCN1C[C@@H](CCC(=O)Nc2c(-c3ccccc3)nc(-c3cccnc3)c3ccccc23)[C@H](c2ccccc2)C1. The summed E-state index contributed by atoms with van der Waals surface area (Å²) in [5, 5.41) is 5.25. The van der Waals surface area contributed by atoms with E-state index in [0.717, 1.165) is 65.0 Å². The molecule has 5 aromatic rings. The van der Waals surface area contributed by atoms with E-state index in [4.69, 9.17) is 9.72 Å². The minimum Gasteiger partial charge on any atom is -0.383 e. The first-order valence-corrected chi connectivity index (χ1v) is 14.7. The van der Waals surface area contributed by atoms with E-state index in [1.807, 2.05) is 60.8 Å². The van der Waals surface area contributed by atoms with Gasteiger partial charge in [0.1, 0.15) is 0 Å². The summed E-state index contributed by atoms with van der Waals surface area (Å²) in [6.07, 6.45) is 4.86. The van der Waals surface area contributed by atoms with E-state index >= 15 is 0 Å². The lowest BCUT2D eigenvalue weighted by Crippen LogP contribution is -2.25. The van der Waals surface area contributed by atoms with Crippen molar-refractivity contribution in [3.05, 3.63) is 115 Å². The molecule has 212 valence electrons. The van der Waals surface area contributed by atoms with Gasteiger partial charge in [0.25, 0.3) is 0 Å². The van der Waals surface area contributed by atoms with Gasteiger partial charge in [0.15, 0.2) is 0 Å². The van der Waals surface area contributed by atoms with Crippen LogP contribution >= 0.6 is 0 Å². The highest BCUT2D eigenvalue weighted by molar-refractivity contribution is 6.10. The van der Waals surface area contributed by atoms with Crippen LogP contribution in [0.25, 0.3) is 33.3 Å². The Balaban J connectivity index is 1.29. The summed E-state index contributed by atoms with van der Waals surface area (Å²) in [6.45, 7) is 3.58. The molecule has 0 spiro atoms. The average Bonchev–Trinajstić information content (AvgIpc) is 3.47. The average molecular weight is 557 g/mol. The van der Waals surface area contributed by atoms with E-state index in [1.165, 1.54) is 5.56 Å². The highest BCUT2D eigenvalue weighted by Crippen LogP contribution is 2.39. The lowest BCUT2D eigenvalue weighted by Gasteiger charge is -2.20. The Morgan fingerprint density at radius 1 is 0.857 bits per heavy atom. The number of amides is 1. The standard InChI is InChI=1S/C36H36N4O2/c1-42-22-21-40-24-29(32(25-40)26-11-4-2-5-12-26)18-19-33(41)38-36-31-17-9-8-16-30(31)34(28-15-10-20-37-23-28)39-35(36)27-13-6-3-7-14-27/h2-17,20,23,29,32H,18-19,21-22,24-25H2,1H3,(H,38,41)/t29-,32+/m1/s1. The Labute approximate surface area is 247 Å². The van der Waals surface area contributed by atoms with Gasteiger partial charge in [-0.25, -0.2) is 4.98 Å². The second kappa shape index (κ2) is 13.1. The molecule has 6 nitrogen and oxygen atoms in total. The summed E-state index contributed by atoms with van der Waals surface area (Å²) in [7, 11) is 1.75. The van der Waals surface area contributed by atoms with Crippen molar-refractivity contribution in [2.45, 2.75) is 18.8 Å². The Morgan fingerprint density at radius 2 is 1.57 bits per heavy atom. The Morgan fingerprint density at radius 3 is 2.31 bits per heavy atom. The van der Waals surface area contributed by atoms with Crippen LogP contribution in [0.5, 0.6) is 0 Å². The highest BCUT2D eigenvalue weighted by Gasteiger charge is 2.33. The topological polar surface area (TPSA) is 67.3 Å². The quantitative estimate of drug-likeness (QED) is 0.200. The third-order valence-electron chi connectivity index (χ3n) is 8.26. The summed E-state index contributed by atoms with van der Waals surface area (Å²) >= 11 is 0. The zero-order valence-corrected chi connectivity index (χ0v) is 23.9. The number of carbonyl (C=O) groups excluding carboxylic acids is 1. The van der Waals surface area contributed by atoms with Gasteiger partial charge in [-0.05, 0) is 30.0 Å². The number of benzene rings is 3. The number of nitrogens with zero attached hydrogens (tertiary/aromatic N) is 3. The summed E-state index contributed by atoms with van der Waals surface area (Å²) in [4.78, 5) is 25.6. The lowest BCUT2D eigenvalue weighted by molar-refractivity contribution is -0.116. The van der Waals surface area contributed by atoms with Crippen molar-refractivity contribution in [3.8, 4) is 22.5 Å². The molecule has 1 N–H and O–H groups in total. The van der Waals surface area contributed by atoms with Crippen molar-refractivity contribution in [1.29, 1.82) is 0 Å². The van der Waals surface area contributed by atoms with Gasteiger partial charge in [-0.2, -0.15) is 0 Å². The summed E-state index contributed by atoms with van der Waals surface area (Å²) in [6, 6.07) is 32.9. The van der Waals surface area contributed by atoms with E-state index in [9.17, 15) is 4.79 Å². The van der Waals surface area contributed by atoms with Crippen LogP contribution < -0.4 is 5.32 Å². The number of anilines is 1. The second-order valence-electron chi connectivity index (χ2n) is 11.0. The first-order valence-electron chi connectivity index (χ1n) is 14.7. The summed E-state index contributed by atoms with van der Waals surface area (Å²) < 4.78 is 5.35. The molecular weight excluding hydrogens is 520 g/mol. The number of methoxy groups -OCH3 is 1. The summed E-state index contributed by atoms with van der Waals surface area (Å²) in [5.41, 5.74) is 5.60. The first kappa shape index (κ1) is 27.8. The molecule has 1 fully saturated rings. The maximum absolute atomic E-state index is 13.7. The highest BCUT2D eigenvalue weighted by atomic mass is 16.5. The largest absolute Gasteiger partial charge is 0.383 e. The molecule has 0 unspecified atom stereocenters. The fourth-order valence-corrected chi connectivity index (χ4v) is 6.17. The first-order chi connectivity index (χ1) is 20.7. The molecule has 2 aromatic heterocycles. The maximum Gasteiger partial charge on any atom is 0.224 e. The summed E-state index contributed by atoms with van der Waals surface area (Å²) in [5.74, 6) is 0.804. The zero-order chi connectivity index (χ0) is 28.7. The van der Waals surface area contributed by atoms with E-state index in [0.29, 0.717) is 24.9 Å². The molecule has 2 atom stereocenters. The van der Waals surface area contributed by atoms with Gasteiger partial charge in [-0.15, -0.1) is 0 Å². The molecule has 3 aromatic carbocycles. The predicted octanol–water partition coefficient (Wildman–Crippen LogP) is 7.04. The number of hydrogen-bond acceptors (Lipinski definition) is 5. The minimum atomic E-state index is 0.00964. The van der Waals surface area contributed by atoms with Crippen LogP contribution in [0.2, 0.25) is 0 Å². The molecular formula is C36H36N4O2. The Bertz CT molecular complexity index is 1630. The van der Waals surface area contributed by atoms with Gasteiger partial charge in [0.05, 0.1) is 23.7 Å². The number of likely N-dealkylation sites (tertiary alicyclic amines) is 1. The molecule has 0 saturated carbocycles. The van der Waals surface area contributed by atoms with Crippen LogP contribution in [0.1, 0.15) is 24.3 Å². The Hall–Kier alpha value is -4.39. The molecule has 6 rings (SSSR count). The van der Waals surface area contributed by atoms with Crippen LogP contribution in [0, 0.1) is 5.92 Å². The monoisotopic (exact) mass is 556 g/mol. The van der Waals surface area contributed by atoms with E-state index in [2.05, 4.69) is 57.7 Å². The van der Waals surface area contributed by atoms with Crippen molar-refractivity contribution >= 4 is 22.4 Å². The van der Waals surface area contributed by atoms with Crippen molar-refractivity contribution in [3.63, 3.8) is 0 Å². The van der Waals surface area contributed by atoms with Crippen molar-refractivity contribution in [2.24, 2.45) is 5.92 Å². The smallest absolute Gasteiger partial charge is 0.224 e. The van der Waals surface area contributed by atoms with Gasteiger partial charge in [-0.1, -0.05) is 84.9 Å². The number of fused-ring (bicyclic) bond motifs is 1. The maximum atomic E-state index is 13.7. The molecule has 0 bridgehead atoms. The van der Waals surface area contributed by atoms with Crippen molar-refractivity contribution in [1.82, 2.24) is 14.9 Å². The number of aromatic nitrogens is 2. The van der Waals surface area contributed by atoms with Crippen LogP contribution in [0.3, 0.4) is 0 Å². The lowest BCUT2D eigenvalue weighted by atomic mass is 9.86. The zero-order valence-electron chi connectivity index (χ0n) is 23.9. The van der Waals surface area contributed by atoms with Crippen LogP contribution in [0.4, 0.5) is 5.69 Å². The third-order valence-corrected chi connectivity index (χ3v) is 8.26. The molecule has 1 amide bonds. The molecule has 0 radical (unpaired) electrons. The van der Waals surface area contributed by atoms with Crippen LogP contribution in [-0.2, 0) is 9.53 Å². The molecule has 3 heterocycles. The fraction of sp³-hybridized carbons (Fsp3) is 0.250. The number of carbonyl (C=O) groups is 1. The number of hydrogen-bond donors (Lipinski definition) is 1. The van der Waals surface area contributed by atoms with E-state index < -0.39 is 0 Å². The molecule has 1 aliphatic heterocycles. The molecule has 1 saturated heterocycles. The molecule has 1 aliphatic rings. The molecule has 0 aliphatic carbocycles. The molecule has 6 heteroatoms. The second-order valence-corrected chi connectivity index (χ2v) is 11.0. The van der Waals surface area contributed by atoms with Gasteiger partial charge in [0.2, 0.25) is 5.91 Å². The molecule has 42 heavy (non-hydrogen) atoms. The number of ether oxygens (including phenoxy) is 1. The van der Waals surface area contributed by atoms with E-state index in [1.54, 1.807) is 13.3 Å². The van der Waals surface area contributed by atoms with Crippen molar-refractivity contribution < 1.29 is 9.53 Å². The van der Waals surface area contributed by atoms with Gasteiger partial charge < -0.3 is 15.0 Å². The number of rotatable bonds is 10. The fourth-order valence-electron chi connectivity index (χ4n) is 6.17. The number of pyridine rings is 2. The van der Waals surface area contributed by atoms with Gasteiger partial charge in [0, 0.05) is 73.4 Å². The van der Waals surface area contributed by atoms with Crippen LogP contribution in [-0.4, -0.2) is 54.1 Å². The van der Waals surface area contributed by atoms with Crippen molar-refractivity contribution in [2.75, 3.05) is 38.7 Å². The normalized spacial score (nSPS) is 17.0.